The highest BCUT2D eigenvalue weighted by molar-refractivity contribution is 7.99. The van der Waals surface area contributed by atoms with Crippen LogP contribution < -0.4 is 5.32 Å². The molecule has 0 spiro atoms. The Kier molecular flexibility index (Phi) is 4.69. The third-order valence-electron chi connectivity index (χ3n) is 3.02. The van der Waals surface area contributed by atoms with Gasteiger partial charge in [-0.2, -0.15) is 11.8 Å². The molecule has 1 heterocycles. The highest BCUT2D eigenvalue weighted by Crippen LogP contribution is 2.17. The summed E-state index contributed by atoms with van der Waals surface area (Å²) in [6.07, 6.45) is 2.58. The van der Waals surface area contributed by atoms with Crippen LogP contribution in [0, 0.1) is 0 Å². The average molecular weight is 237 g/mol. The second kappa shape index (κ2) is 6.28. The molecule has 1 aromatic rings. The average Bonchev–Trinajstić information content (AvgIpc) is 2.38. The van der Waals surface area contributed by atoms with Crippen LogP contribution in [0.3, 0.4) is 0 Å². The van der Waals surface area contributed by atoms with Gasteiger partial charge in [-0.15, -0.1) is 0 Å². The van der Waals surface area contributed by atoms with Gasteiger partial charge in [-0.05, 0) is 35.5 Å². The number of aliphatic hydroxyl groups excluding tert-OH is 1. The number of hydrogen-bond acceptors (Lipinski definition) is 3. The fraction of sp³-hybridized carbons (Fsp3) is 0.538. The van der Waals surface area contributed by atoms with Crippen molar-refractivity contribution in [1.29, 1.82) is 0 Å². The number of thioether (sulfide) groups is 1. The minimum absolute atomic E-state index is 0.132. The summed E-state index contributed by atoms with van der Waals surface area (Å²) in [5.41, 5.74) is 2.29. The molecule has 88 valence electrons. The van der Waals surface area contributed by atoms with Crippen molar-refractivity contribution in [2.45, 2.75) is 32.0 Å². The van der Waals surface area contributed by atoms with E-state index in [9.17, 15) is 0 Å². The lowest BCUT2D eigenvalue weighted by atomic mass is 10.1. The van der Waals surface area contributed by atoms with Crippen LogP contribution in [0.15, 0.2) is 24.3 Å². The summed E-state index contributed by atoms with van der Waals surface area (Å²) in [7, 11) is 0. The molecule has 2 nitrogen and oxygen atoms in total. The predicted octanol–water partition coefficient (Wildman–Crippen LogP) is 2.16. The van der Waals surface area contributed by atoms with Gasteiger partial charge in [0.05, 0.1) is 6.61 Å². The molecular formula is C13H19NOS. The number of benzene rings is 1. The van der Waals surface area contributed by atoms with Crippen LogP contribution in [0.25, 0.3) is 0 Å². The van der Waals surface area contributed by atoms with Gasteiger partial charge in [0.25, 0.3) is 0 Å². The lowest BCUT2D eigenvalue weighted by Gasteiger charge is -2.22. The van der Waals surface area contributed by atoms with E-state index >= 15 is 0 Å². The Morgan fingerprint density at radius 2 is 1.75 bits per heavy atom. The van der Waals surface area contributed by atoms with Gasteiger partial charge in [0.2, 0.25) is 0 Å². The van der Waals surface area contributed by atoms with Crippen LogP contribution in [0.2, 0.25) is 0 Å². The van der Waals surface area contributed by atoms with Crippen LogP contribution in [0.4, 0.5) is 0 Å². The second-order valence-electron chi connectivity index (χ2n) is 4.24. The van der Waals surface area contributed by atoms with Crippen molar-refractivity contribution in [2.75, 3.05) is 11.5 Å². The molecular weight excluding hydrogens is 218 g/mol. The maximum absolute atomic E-state index is 8.94. The fourth-order valence-electron chi connectivity index (χ4n) is 1.93. The Bertz CT molecular complexity index is 306. The molecule has 1 saturated heterocycles. The molecule has 0 saturated carbocycles. The van der Waals surface area contributed by atoms with Gasteiger partial charge in [0.1, 0.15) is 0 Å². The highest BCUT2D eigenvalue weighted by atomic mass is 32.2. The molecule has 2 N–H and O–H groups in total. The number of rotatable bonds is 4. The van der Waals surface area contributed by atoms with Crippen molar-refractivity contribution in [3.8, 4) is 0 Å². The van der Waals surface area contributed by atoms with Crippen molar-refractivity contribution in [3.63, 3.8) is 0 Å². The zero-order chi connectivity index (χ0) is 11.2. The first-order valence-corrected chi connectivity index (χ1v) is 7.04. The normalized spacial score (nSPS) is 17.6. The first-order chi connectivity index (χ1) is 7.88. The molecule has 0 bridgehead atoms. The molecule has 0 aliphatic carbocycles. The largest absolute Gasteiger partial charge is 0.392 e. The summed E-state index contributed by atoms with van der Waals surface area (Å²) in [6, 6.07) is 8.87. The monoisotopic (exact) mass is 237 g/mol. The molecule has 1 aliphatic heterocycles. The van der Waals surface area contributed by atoms with Crippen molar-refractivity contribution >= 4 is 11.8 Å². The quantitative estimate of drug-likeness (QED) is 0.842. The Hall–Kier alpha value is -0.510. The minimum Gasteiger partial charge on any atom is -0.392 e. The first-order valence-electron chi connectivity index (χ1n) is 5.88. The number of aliphatic hydroxyl groups is 1. The molecule has 0 unspecified atom stereocenters. The zero-order valence-electron chi connectivity index (χ0n) is 9.48. The van der Waals surface area contributed by atoms with Crippen LogP contribution in [-0.2, 0) is 13.2 Å². The molecule has 0 aromatic heterocycles. The smallest absolute Gasteiger partial charge is 0.0681 e. The molecule has 2 rings (SSSR count). The number of nitrogens with one attached hydrogen (secondary N) is 1. The van der Waals surface area contributed by atoms with Crippen molar-refractivity contribution in [2.24, 2.45) is 0 Å². The van der Waals surface area contributed by atoms with E-state index in [1.54, 1.807) is 0 Å². The van der Waals surface area contributed by atoms with Gasteiger partial charge in [0, 0.05) is 12.6 Å². The summed E-state index contributed by atoms with van der Waals surface area (Å²) in [5.74, 6) is 2.59. The van der Waals surface area contributed by atoms with E-state index in [0.29, 0.717) is 6.04 Å². The van der Waals surface area contributed by atoms with E-state index in [2.05, 4.69) is 29.2 Å². The van der Waals surface area contributed by atoms with E-state index in [1.807, 2.05) is 12.1 Å². The molecule has 3 heteroatoms. The van der Waals surface area contributed by atoms with Gasteiger partial charge < -0.3 is 10.4 Å². The van der Waals surface area contributed by atoms with Gasteiger partial charge in [-0.1, -0.05) is 24.3 Å². The molecule has 16 heavy (non-hydrogen) atoms. The molecule has 1 aromatic carbocycles. The van der Waals surface area contributed by atoms with Crippen molar-refractivity contribution in [3.05, 3.63) is 35.4 Å². The molecule has 1 aliphatic rings. The second-order valence-corrected chi connectivity index (χ2v) is 5.47. The van der Waals surface area contributed by atoms with Crippen LogP contribution >= 0.6 is 11.8 Å². The SMILES string of the molecule is OCc1ccc(CNC2CCSCC2)cc1. The summed E-state index contributed by atoms with van der Waals surface area (Å²) < 4.78 is 0. The molecule has 0 radical (unpaired) electrons. The first kappa shape index (κ1) is 12.0. The lowest BCUT2D eigenvalue weighted by molar-refractivity contribution is 0.282. The maximum atomic E-state index is 8.94. The Balaban J connectivity index is 1.79. The summed E-state index contributed by atoms with van der Waals surface area (Å²) >= 11 is 2.06. The maximum Gasteiger partial charge on any atom is 0.0681 e. The number of hydrogen-bond donors (Lipinski definition) is 2. The lowest BCUT2D eigenvalue weighted by Crippen LogP contribution is -2.31. The Labute approximate surface area is 101 Å². The van der Waals surface area contributed by atoms with Crippen molar-refractivity contribution in [1.82, 2.24) is 5.32 Å². The van der Waals surface area contributed by atoms with Crippen LogP contribution in [0.1, 0.15) is 24.0 Å². The van der Waals surface area contributed by atoms with E-state index in [0.717, 1.165) is 12.1 Å². The standard InChI is InChI=1S/C13H19NOS/c15-10-12-3-1-11(2-4-12)9-14-13-5-7-16-8-6-13/h1-4,13-15H,5-10H2. The van der Waals surface area contributed by atoms with Crippen LogP contribution in [0.5, 0.6) is 0 Å². The minimum atomic E-state index is 0.132. The third-order valence-corrected chi connectivity index (χ3v) is 4.07. The third kappa shape index (κ3) is 3.51. The van der Waals surface area contributed by atoms with Gasteiger partial charge in [0.15, 0.2) is 0 Å². The topological polar surface area (TPSA) is 32.3 Å². The summed E-state index contributed by atoms with van der Waals surface area (Å²) in [6.45, 7) is 1.08. The predicted molar refractivity (Wildman–Crippen MR) is 69.6 cm³/mol. The zero-order valence-corrected chi connectivity index (χ0v) is 10.3. The van der Waals surface area contributed by atoms with Gasteiger partial charge >= 0.3 is 0 Å². The van der Waals surface area contributed by atoms with Crippen molar-refractivity contribution < 1.29 is 5.11 Å². The van der Waals surface area contributed by atoms with E-state index < -0.39 is 0 Å². The van der Waals surface area contributed by atoms with Gasteiger partial charge in [-0.25, -0.2) is 0 Å². The fourth-order valence-corrected chi connectivity index (χ4v) is 3.03. The highest BCUT2D eigenvalue weighted by Gasteiger charge is 2.12. The Morgan fingerprint density at radius 1 is 1.12 bits per heavy atom. The molecule has 0 atom stereocenters. The molecule has 1 fully saturated rings. The van der Waals surface area contributed by atoms with Crippen LogP contribution in [-0.4, -0.2) is 22.7 Å². The summed E-state index contributed by atoms with van der Waals surface area (Å²) in [5, 5.41) is 12.5. The van der Waals surface area contributed by atoms with E-state index in [4.69, 9.17) is 5.11 Å². The van der Waals surface area contributed by atoms with Gasteiger partial charge in [-0.3, -0.25) is 0 Å². The molecule has 0 amide bonds. The van der Waals surface area contributed by atoms with E-state index in [-0.39, 0.29) is 6.61 Å². The Morgan fingerprint density at radius 3 is 2.38 bits per heavy atom. The van der Waals surface area contributed by atoms with E-state index in [1.165, 1.54) is 29.9 Å². The summed E-state index contributed by atoms with van der Waals surface area (Å²) in [4.78, 5) is 0.